The van der Waals surface area contributed by atoms with E-state index in [1.807, 2.05) is 0 Å². The number of hydrogen-bond acceptors (Lipinski definition) is 3. The van der Waals surface area contributed by atoms with Crippen LogP contribution in [-0.4, -0.2) is 51.5 Å². The number of rotatable bonds is 9. The van der Waals surface area contributed by atoms with Gasteiger partial charge in [0, 0.05) is 32.8 Å². The van der Waals surface area contributed by atoms with Crippen molar-refractivity contribution < 1.29 is 9.47 Å². The summed E-state index contributed by atoms with van der Waals surface area (Å²) in [7, 11) is 0. The minimum Gasteiger partial charge on any atom is -0.379 e. The highest BCUT2D eigenvalue weighted by molar-refractivity contribution is 5.79. The summed E-state index contributed by atoms with van der Waals surface area (Å²) < 4.78 is 11.1. The van der Waals surface area contributed by atoms with Crippen LogP contribution in [0.15, 0.2) is 4.99 Å². The van der Waals surface area contributed by atoms with E-state index in [-0.39, 0.29) is 0 Å². The van der Waals surface area contributed by atoms with Gasteiger partial charge in [-0.3, -0.25) is 4.99 Å². The van der Waals surface area contributed by atoms with E-state index >= 15 is 0 Å². The first kappa shape index (κ1) is 17.2. The molecule has 1 fully saturated rings. The Hall–Kier alpha value is -0.810. The van der Waals surface area contributed by atoms with Crippen molar-refractivity contribution in [2.45, 2.75) is 46.1 Å². The number of ether oxygens (including phenoxy) is 2. The maximum atomic E-state index is 5.63. The first-order chi connectivity index (χ1) is 9.72. The molecule has 1 rings (SSSR count). The van der Waals surface area contributed by atoms with E-state index in [4.69, 9.17) is 9.47 Å². The maximum Gasteiger partial charge on any atom is 0.191 e. The van der Waals surface area contributed by atoms with Crippen molar-refractivity contribution in [1.29, 1.82) is 0 Å². The molecular weight excluding hydrogens is 254 g/mol. The molecule has 0 spiro atoms. The topological polar surface area (TPSA) is 54.9 Å². The summed E-state index contributed by atoms with van der Waals surface area (Å²) in [4.78, 5) is 4.53. The second-order valence-electron chi connectivity index (χ2n) is 5.60. The summed E-state index contributed by atoms with van der Waals surface area (Å²) in [5, 5.41) is 6.58. The molecule has 5 nitrogen and oxygen atoms in total. The summed E-state index contributed by atoms with van der Waals surface area (Å²) in [6.07, 6.45) is 3.63. The molecular formula is C15H31N3O2. The lowest BCUT2D eigenvalue weighted by atomic mass is 10.2. The van der Waals surface area contributed by atoms with Gasteiger partial charge in [-0.15, -0.1) is 0 Å². The van der Waals surface area contributed by atoms with Gasteiger partial charge in [-0.25, -0.2) is 0 Å². The lowest BCUT2D eigenvalue weighted by molar-refractivity contribution is 0.0168. The van der Waals surface area contributed by atoms with E-state index in [1.54, 1.807) is 0 Å². The molecule has 0 aromatic heterocycles. The second kappa shape index (κ2) is 10.9. The summed E-state index contributed by atoms with van der Waals surface area (Å²) in [6, 6.07) is 0. The number of guanidine groups is 1. The van der Waals surface area contributed by atoms with Gasteiger partial charge in [-0.1, -0.05) is 13.8 Å². The van der Waals surface area contributed by atoms with E-state index in [0.717, 1.165) is 58.3 Å². The van der Waals surface area contributed by atoms with Crippen LogP contribution in [0.25, 0.3) is 0 Å². The van der Waals surface area contributed by atoms with Crippen molar-refractivity contribution in [3.63, 3.8) is 0 Å². The Morgan fingerprint density at radius 2 is 2.25 bits per heavy atom. The van der Waals surface area contributed by atoms with E-state index in [2.05, 4.69) is 36.4 Å². The normalized spacial score (nSPS) is 19.6. The number of aliphatic imine (C=N–C) groups is 1. The lowest BCUT2D eigenvalue weighted by Crippen LogP contribution is -2.38. The van der Waals surface area contributed by atoms with Crippen LogP contribution in [0.1, 0.15) is 40.0 Å². The predicted molar refractivity (Wildman–Crippen MR) is 83.2 cm³/mol. The molecule has 20 heavy (non-hydrogen) atoms. The van der Waals surface area contributed by atoms with Gasteiger partial charge in [0.2, 0.25) is 0 Å². The first-order valence-corrected chi connectivity index (χ1v) is 7.94. The van der Waals surface area contributed by atoms with E-state index in [0.29, 0.717) is 12.0 Å². The molecule has 1 aliphatic rings. The average molecular weight is 285 g/mol. The Morgan fingerprint density at radius 3 is 2.90 bits per heavy atom. The molecule has 0 aromatic carbocycles. The molecule has 2 N–H and O–H groups in total. The number of hydrogen-bond donors (Lipinski definition) is 2. The largest absolute Gasteiger partial charge is 0.379 e. The molecule has 0 aliphatic carbocycles. The summed E-state index contributed by atoms with van der Waals surface area (Å²) in [5.41, 5.74) is 0. The Morgan fingerprint density at radius 1 is 1.40 bits per heavy atom. The summed E-state index contributed by atoms with van der Waals surface area (Å²) in [5.74, 6) is 1.49. The van der Waals surface area contributed by atoms with E-state index in [9.17, 15) is 0 Å². The third-order valence-corrected chi connectivity index (χ3v) is 3.04. The van der Waals surface area contributed by atoms with Crippen molar-refractivity contribution in [1.82, 2.24) is 10.6 Å². The predicted octanol–water partition coefficient (Wildman–Crippen LogP) is 1.78. The van der Waals surface area contributed by atoms with Gasteiger partial charge in [-0.2, -0.15) is 0 Å². The molecule has 0 saturated carbocycles. The fraction of sp³-hybridized carbons (Fsp3) is 0.933. The fourth-order valence-electron chi connectivity index (χ4n) is 1.99. The molecule has 0 amide bonds. The van der Waals surface area contributed by atoms with Crippen LogP contribution >= 0.6 is 0 Å². The van der Waals surface area contributed by atoms with Crippen LogP contribution in [0, 0.1) is 5.92 Å². The van der Waals surface area contributed by atoms with Crippen molar-refractivity contribution in [3.05, 3.63) is 0 Å². The number of nitrogens with zero attached hydrogens (tertiary/aromatic N) is 1. The quantitative estimate of drug-likeness (QED) is 0.385. The van der Waals surface area contributed by atoms with Crippen molar-refractivity contribution in [3.8, 4) is 0 Å². The van der Waals surface area contributed by atoms with E-state index < -0.39 is 0 Å². The molecule has 0 bridgehead atoms. The zero-order valence-electron chi connectivity index (χ0n) is 13.3. The monoisotopic (exact) mass is 285 g/mol. The van der Waals surface area contributed by atoms with Crippen LogP contribution in [0.5, 0.6) is 0 Å². The Balaban J connectivity index is 2.02. The second-order valence-corrected chi connectivity index (χ2v) is 5.60. The van der Waals surface area contributed by atoms with Gasteiger partial charge in [0.15, 0.2) is 5.96 Å². The van der Waals surface area contributed by atoms with E-state index in [1.165, 1.54) is 6.42 Å². The SMILES string of the molecule is CCNC(=NCC(C)C)NCCCOCC1CCCO1. The Kier molecular flexibility index (Phi) is 9.41. The molecule has 0 aromatic rings. The molecule has 1 aliphatic heterocycles. The molecule has 118 valence electrons. The van der Waals surface area contributed by atoms with Crippen molar-refractivity contribution in [2.24, 2.45) is 10.9 Å². The highest BCUT2D eigenvalue weighted by Gasteiger charge is 2.14. The zero-order valence-corrected chi connectivity index (χ0v) is 13.3. The smallest absolute Gasteiger partial charge is 0.191 e. The van der Waals surface area contributed by atoms with Gasteiger partial charge >= 0.3 is 0 Å². The van der Waals surface area contributed by atoms with Gasteiger partial charge in [-0.05, 0) is 32.1 Å². The molecule has 1 heterocycles. The molecule has 1 unspecified atom stereocenters. The molecule has 5 heteroatoms. The third kappa shape index (κ3) is 8.38. The van der Waals surface area contributed by atoms with Crippen LogP contribution in [-0.2, 0) is 9.47 Å². The Bertz CT molecular complexity index is 264. The Labute approximate surface area is 123 Å². The third-order valence-electron chi connectivity index (χ3n) is 3.04. The molecule has 1 saturated heterocycles. The summed E-state index contributed by atoms with van der Waals surface area (Å²) >= 11 is 0. The minimum absolute atomic E-state index is 0.327. The highest BCUT2D eigenvalue weighted by Crippen LogP contribution is 2.11. The molecule has 1 atom stereocenters. The maximum absolute atomic E-state index is 5.63. The van der Waals surface area contributed by atoms with Gasteiger partial charge in [0.1, 0.15) is 0 Å². The van der Waals surface area contributed by atoms with Crippen molar-refractivity contribution in [2.75, 3.05) is 39.5 Å². The zero-order chi connectivity index (χ0) is 14.6. The van der Waals surface area contributed by atoms with Crippen molar-refractivity contribution >= 4 is 5.96 Å². The summed E-state index contributed by atoms with van der Waals surface area (Å²) in [6.45, 7) is 11.5. The minimum atomic E-state index is 0.327. The first-order valence-electron chi connectivity index (χ1n) is 7.94. The standard InChI is InChI=1S/C15H31N3O2/c1-4-16-15(18-11-13(2)3)17-8-6-9-19-12-14-7-5-10-20-14/h13-14H,4-12H2,1-3H3,(H2,16,17,18). The lowest BCUT2D eigenvalue weighted by Gasteiger charge is -2.13. The van der Waals surface area contributed by atoms with Crippen LogP contribution in [0.3, 0.4) is 0 Å². The number of nitrogens with one attached hydrogen (secondary N) is 2. The average Bonchev–Trinajstić information content (AvgIpc) is 2.92. The van der Waals surface area contributed by atoms with Crippen LogP contribution < -0.4 is 10.6 Å². The fourth-order valence-corrected chi connectivity index (χ4v) is 1.99. The van der Waals surface area contributed by atoms with Crippen LogP contribution in [0.2, 0.25) is 0 Å². The van der Waals surface area contributed by atoms with Crippen LogP contribution in [0.4, 0.5) is 0 Å². The highest BCUT2D eigenvalue weighted by atomic mass is 16.5. The van der Waals surface area contributed by atoms with Gasteiger partial charge < -0.3 is 20.1 Å². The molecule has 0 radical (unpaired) electrons. The van der Waals surface area contributed by atoms with Gasteiger partial charge in [0.25, 0.3) is 0 Å². The van der Waals surface area contributed by atoms with Gasteiger partial charge in [0.05, 0.1) is 12.7 Å².